The predicted octanol–water partition coefficient (Wildman–Crippen LogP) is 1.80. The maximum Gasteiger partial charge on any atom is 0.171 e. The molecule has 5 heteroatoms. The van der Waals surface area contributed by atoms with Crippen LogP contribution in [0, 0.1) is 0 Å². The molecule has 1 aliphatic rings. The number of Topliss-reactive ketones (excluding diaryl/α,β-unsaturated/α-hetero) is 1. The summed E-state index contributed by atoms with van der Waals surface area (Å²) in [5, 5.41) is 23.0. The zero-order valence-corrected chi connectivity index (χ0v) is 11.4. The summed E-state index contributed by atoms with van der Waals surface area (Å²) in [6.07, 6.45) is 6.92. The molecule has 0 spiro atoms. The second kappa shape index (κ2) is 6.19. The molecule has 0 saturated heterocycles. The maximum absolute atomic E-state index is 12.3. The van der Waals surface area contributed by atoms with E-state index in [1.807, 2.05) is 0 Å². The summed E-state index contributed by atoms with van der Waals surface area (Å²) in [5.41, 5.74) is 2.07. The molecule has 0 radical (unpaired) electrons. The Hall–Kier alpha value is -2.66. The molecule has 1 aromatic carbocycles. The normalized spacial score (nSPS) is 18.4. The van der Waals surface area contributed by atoms with Gasteiger partial charge in [0.25, 0.3) is 0 Å². The van der Waals surface area contributed by atoms with Crippen molar-refractivity contribution in [3.63, 3.8) is 0 Å². The minimum Gasteiger partial charge on any atom is -0.507 e. The fraction of sp³-hybridized carbons (Fsp3) is 0.125. The van der Waals surface area contributed by atoms with Crippen LogP contribution >= 0.6 is 0 Å². The average Bonchev–Trinajstić information content (AvgIpc) is 2.48. The van der Waals surface area contributed by atoms with Crippen LogP contribution in [0.5, 0.6) is 5.75 Å². The molecule has 0 atom stereocenters. The standard InChI is InChI=1S/C16H16N2O3/c1-2-3-4-5-10-8-13(20)14-12(15(10)18-17)7-6-11(9-19)16(14)21/h2-7,19,21H,1,8-9,17H2/b4-3-,10-5+,18-15-. The quantitative estimate of drug-likeness (QED) is 0.448. The number of carbonyl (C=O) groups excluding carboxylic acids is 1. The highest BCUT2D eigenvalue weighted by molar-refractivity contribution is 6.25. The molecular formula is C16H16N2O3. The van der Waals surface area contributed by atoms with Gasteiger partial charge in [-0.2, -0.15) is 5.10 Å². The van der Waals surface area contributed by atoms with Gasteiger partial charge in [-0.3, -0.25) is 4.79 Å². The zero-order chi connectivity index (χ0) is 15.4. The van der Waals surface area contributed by atoms with Crippen molar-refractivity contribution in [2.45, 2.75) is 13.0 Å². The summed E-state index contributed by atoms with van der Waals surface area (Å²) in [7, 11) is 0. The number of phenols is 1. The van der Waals surface area contributed by atoms with E-state index in [2.05, 4.69) is 11.7 Å². The topological polar surface area (TPSA) is 95.9 Å². The van der Waals surface area contributed by atoms with Crippen molar-refractivity contribution in [2.24, 2.45) is 10.9 Å². The van der Waals surface area contributed by atoms with E-state index >= 15 is 0 Å². The molecule has 0 aromatic heterocycles. The number of aliphatic hydroxyl groups is 1. The van der Waals surface area contributed by atoms with Crippen molar-refractivity contribution in [1.29, 1.82) is 0 Å². The van der Waals surface area contributed by atoms with E-state index in [-0.39, 0.29) is 30.1 Å². The molecule has 1 aromatic rings. The Kier molecular flexibility index (Phi) is 4.35. The van der Waals surface area contributed by atoms with E-state index < -0.39 is 0 Å². The molecule has 0 saturated carbocycles. The number of hydrazone groups is 1. The number of allylic oxidation sites excluding steroid dienone is 5. The van der Waals surface area contributed by atoms with Crippen LogP contribution < -0.4 is 5.84 Å². The van der Waals surface area contributed by atoms with E-state index in [0.717, 1.165) is 0 Å². The van der Waals surface area contributed by atoms with Gasteiger partial charge in [0.05, 0.1) is 17.9 Å². The van der Waals surface area contributed by atoms with Crippen molar-refractivity contribution in [1.82, 2.24) is 0 Å². The largest absolute Gasteiger partial charge is 0.507 e. The van der Waals surface area contributed by atoms with Gasteiger partial charge >= 0.3 is 0 Å². The van der Waals surface area contributed by atoms with Gasteiger partial charge in [0.1, 0.15) is 5.75 Å². The Morgan fingerprint density at radius 2 is 2.14 bits per heavy atom. The van der Waals surface area contributed by atoms with Crippen molar-refractivity contribution in [3.05, 3.63) is 65.3 Å². The first-order valence-corrected chi connectivity index (χ1v) is 6.39. The molecule has 0 fully saturated rings. The fourth-order valence-corrected chi connectivity index (χ4v) is 2.30. The molecule has 108 valence electrons. The SMILES string of the molecule is C=C\C=C/C=C1\CC(=O)c2c(ccc(CO)c2O)\C1=N/N. The molecule has 21 heavy (non-hydrogen) atoms. The van der Waals surface area contributed by atoms with Crippen molar-refractivity contribution >= 4 is 11.5 Å². The molecule has 0 amide bonds. The summed E-state index contributed by atoms with van der Waals surface area (Å²) in [4.78, 5) is 12.3. The Morgan fingerprint density at radius 3 is 2.76 bits per heavy atom. The maximum atomic E-state index is 12.3. The highest BCUT2D eigenvalue weighted by Gasteiger charge is 2.29. The first-order chi connectivity index (χ1) is 10.1. The number of nitrogens with two attached hydrogens (primary N) is 1. The van der Waals surface area contributed by atoms with Crippen LogP contribution in [-0.2, 0) is 6.61 Å². The Bertz CT molecular complexity index is 685. The number of nitrogens with zero attached hydrogens (tertiary/aromatic N) is 1. The molecule has 2 rings (SSSR count). The van der Waals surface area contributed by atoms with E-state index in [4.69, 9.17) is 10.9 Å². The van der Waals surface area contributed by atoms with Gasteiger partial charge in [-0.25, -0.2) is 0 Å². The Balaban J connectivity index is 2.60. The first-order valence-electron chi connectivity index (χ1n) is 6.39. The van der Waals surface area contributed by atoms with Gasteiger partial charge in [-0.15, -0.1) is 0 Å². The second-order valence-electron chi connectivity index (χ2n) is 4.54. The van der Waals surface area contributed by atoms with Gasteiger partial charge in [0.15, 0.2) is 5.78 Å². The third-order valence-corrected chi connectivity index (χ3v) is 3.29. The fourth-order valence-electron chi connectivity index (χ4n) is 2.30. The molecule has 0 aliphatic heterocycles. The minimum absolute atomic E-state index is 0.0902. The number of hydrogen-bond donors (Lipinski definition) is 3. The number of aromatic hydroxyl groups is 1. The molecule has 0 heterocycles. The van der Waals surface area contributed by atoms with Crippen LogP contribution in [0.1, 0.15) is 27.9 Å². The third kappa shape index (κ3) is 2.64. The lowest BCUT2D eigenvalue weighted by molar-refractivity contribution is 0.0989. The average molecular weight is 284 g/mol. The van der Waals surface area contributed by atoms with E-state index in [9.17, 15) is 9.90 Å². The van der Waals surface area contributed by atoms with Crippen molar-refractivity contribution < 1.29 is 15.0 Å². The lowest BCUT2D eigenvalue weighted by Crippen LogP contribution is -2.22. The summed E-state index contributed by atoms with van der Waals surface area (Å²) in [6, 6.07) is 3.18. The number of benzene rings is 1. The second-order valence-corrected chi connectivity index (χ2v) is 4.54. The van der Waals surface area contributed by atoms with E-state index in [0.29, 0.717) is 22.4 Å². The third-order valence-electron chi connectivity index (χ3n) is 3.29. The Labute approximate surface area is 122 Å². The summed E-state index contributed by atoms with van der Waals surface area (Å²) in [6.45, 7) is 3.23. The summed E-state index contributed by atoms with van der Waals surface area (Å²) < 4.78 is 0. The number of rotatable bonds is 3. The van der Waals surface area contributed by atoms with Gasteiger partial charge in [0.2, 0.25) is 0 Å². The molecular weight excluding hydrogens is 268 g/mol. The summed E-state index contributed by atoms with van der Waals surface area (Å²) >= 11 is 0. The minimum atomic E-state index is -0.341. The number of fused-ring (bicyclic) bond motifs is 1. The number of ketones is 1. The number of aliphatic hydroxyl groups excluding tert-OH is 1. The van der Waals surface area contributed by atoms with Crippen LogP contribution in [0.15, 0.2) is 53.7 Å². The van der Waals surface area contributed by atoms with Gasteiger partial charge in [0, 0.05) is 17.5 Å². The molecule has 4 N–H and O–H groups in total. The van der Waals surface area contributed by atoms with Crippen molar-refractivity contribution in [2.75, 3.05) is 0 Å². The van der Waals surface area contributed by atoms with E-state index in [1.165, 1.54) is 0 Å². The van der Waals surface area contributed by atoms with Crippen LogP contribution in [-0.4, -0.2) is 21.7 Å². The van der Waals surface area contributed by atoms with Crippen LogP contribution in [0.2, 0.25) is 0 Å². The van der Waals surface area contributed by atoms with E-state index in [1.54, 1.807) is 36.4 Å². The molecule has 0 bridgehead atoms. The van der Waals surface area contributed by atoms with Crippen LogP contribution in [0.4, 0.5) is 0 Å². The van der Waals surface area contributed by atoms with Crippen molar-refractivity contribution in [3.8, 4) is 5.75 Å². The van der Waals surface area contributed by atoms with Gasteiger partial charge < -0.3 is 16.1 Å². The molecule has 5 nitrogen and oxygen atoms in total. The zero-order valence-electron chi connectivity index (χ0n) is 11.4. The highest BCUT2D eigenvalue weighted by atomic mass is 16.3. The lowest BCUT2D eigenvalue weighted by atomic mass is 9.83. The smallest absolute Gasteiger partial charge is 0.171 e. The number of carbonyl (C=O) groups is 1. The van der Waals surface area contributed by atoms with Crippen LogP contribution in [0.3, 0.4) is 0 Å². The predicted molar refractivity (Wildman–Crippen MR) is 81.1 cm³/mol. The Morgan fingerprint density at radius 1 is 1.38 bits per heavy atom. The number of hydrogen-bond acceptors (Lipinski definition) is 5. The van der Waals surface area contributed by atoms with Crippen LogP contribution in [0.25, 0.3) is 0 Å². The molecule has 0 unspecified atom stereocenters. The molecule has 1 aliphatic carbocycles. The highest BCUT2D eigenvalue weighted by Crippen LogP contribution is 2.34. The summed E-state index contributed by atoms with van der Waals surface area (Å²) in [5.74, 6) is 5.00. The van der Waals surface area contributed by atoms with Gasteiger partial charge in [-0.05, 0) is 5.57 Å². The monoisotopic (exact) mass is 284 g/mol. The first kappa shape index (κ1) is 14.7. The lowest BCUT2D eigenvalue weighted by Gasteiger charge is -2.21. The van der Waals surface area contributed by atoms with Gasteiger partial charge in [-0.1, -0.05) is 43.0 Å².